The van der Waals surface area contributed by atoms with Crippen LogP contribution >= 0.6 is 0 Å². The molecule has 2 saturated heterocycles. The minimum Gasteiger partial charge on any atom is -0.455 e. The number of ether oxygens (including phenoxy) is 5. The second kappa shape index (κ2) is 9.25. The summed E-state index contributed by atoms with van der Waals surface area (Å²) in [5, 5.41) is 3.79. The van der Waals surface area contributed by atoms with E-state index in [1.165, 1.54) is 7.11 Å². The lowest BCUT2D eigenvalue weighted by atomic mass is 9.96. The third-order valence-corrected chi connectivity index (χ3v) is 5.05. The molecule has 9 nitrogen and oxygen atoms in total. The number of fused-ring (bicyclic) bond motifs is 1. The summed E-state index contributed by atoms with van der Waals surface area (Å²) >= 11 is 0. The molecule has 0 aromatic heterocycles. The van der Waals surface area contributed by atoms with Crippen LogP contribution in [0.25, 0.3) is 10.4 Å². The summed E-state index contributed by atoms with van der Waals surface area (Å²) in [6.07, 6.45) is -3.77. The lowest BCUT2D eigenvalue weighted by Gasteiger charge is -2.47. The molecule has 2 aliphatic heterocycles. The average molecular weight is 411 g/mol. The Balaban J connectivity index is 1.63. The highest BCUT2D eigenvalue weighted by Crippen LogP contribution is 2.36. The SMILES string of the molecule is CO[C@H]1O[C@@H]2CO[C@@H](c3ccccc3)O[C@H]2[C@H](OC(=O)c2ccccc2)[C@@H]1N=[N+]=[N-]. The van der Waals surface area contributed by atoms with Gasteiger partial charge in [-0.05, 0) is 17.7 Å². The van der Waals surface area contributed by atoms with Crippen molar-refractivity contribution >= 4 is 5.97 Å². The van der Waals surface area contributed by atoms with E-state index in [-0.39, 0.29) is 6.61 Å². The van der Waals surface area contributed by atoms with Gasteiger partial charge >= 0.3 is 5.97 Å². The first-order valence-electron chi connectivity index (χ1n) is 9.51. The maximum atomic E-state index is 12.8. The first-order chi connectivity index (χ1) is 14.7. The molecule has 156 valence electrons. The minimum absolute atomic E-state index is 0.201. The number of carbonyl (C=O) groups excluding carboxylic acids is 1. The summed E-state index contributed by atoms with van der Waals surface area (Å²) in [5.41, 5.74) is 10.3. The molecule has 0 aliphatic carbocycles. The van der Waals surface area contributed by atoms with E-state index in [9.17, 15) is 4.79 Å². The monoisotopic (exact) mass is 411 g/mol. The fourth-order valence-corrected chi connectivity index (χ4v) is 3.62. The zero-order valence-electron chi connectivity index (χ0n) is 16.2. The molecule has 30 heavy (non-hydrogen) atoms. The Morgan fingerprint density at radius 2 is 1.80 bits per heavy atom. The molecular weight excluding hydrogens is 390 g/mol. The molecule has 9 heteroatoms. The van der Waals surface area contributed by atoms with Crippen molar-refractivity contribution < 1.29 is 28.5 Å². The first-order valence-corrected chi connectivity index (χ1v) is 9.51. The Labute approximate surface area is 173 Å². The Morgan fingerprint density at radius 3 is 2.47 bits per heavy atom. The molecule has 2 aromatic carbocycles. The van der Waals surface area contributed by atoms with Gasteiger partial charge < -0.3 is 23.7 Å². The van der Waals surface area contributed by atoms with Gasteiger partial charge in [0.15, 0.2) is 12.6 Å². The van der Waals surface area contributed by atoms with Crippen molar-refractivity contribution in [3.63, 3.8) is 0 Å². The number of esters is 1. The molecule has 0 saturated carbocycles. The molecular formula is C21H21N3O6. The van der Waals surface area contributed by atoms with Crippen LogP contribution in [-0.4, -0.2) is 50.3 Å². The number of methoxy groups -OCH3 is 1. The van der Waals surface area contributed by atoms with E-state index in [0.717, 1.165) is 5.56 Å². The third-order valence-electron chi connectivity index (χ3n) is 5.05. The number of hydrogen-bond acceptors (Lipinski definition) is 7. The number of hydrogen-bond donors (Lipinski definition) is 0. The third kappa shape index (κ3) is 4.16. The summed E-state index contributed by atoms with van der Waals surface area (Å²) in [5.74, 6) is -0.555. The smallest absolute Gasteiger partial charge is 0.338 e. The van der Waals surface area contributed by atoms with Crippen LogP contribution in [0.5, 0.6) is 0 Å². The molecule has 0 spiro atoms. The fraction of sp³-hybridized carbons (Fsp3) is 0.381. The standard InChI is InChI=1S/C21H21N3O6/c1-26-21-16(23-24-22)18(29-19(25)13-8-4-2-5-9-13)17-15(28-21)12-27-20(30-17)14-10-6-3-7-11-14/h2-11,15-18,20-21H,12H2,1H3/t15-,16+,17-,18-,20-,21+/m1/s1. The van der Waals surface area contributed by atoms with Crippen molar-refractivity contribution in [2.75, 3.05) is 13.7 Å². The van der Waals surface area contributed by atoms with Gasteiger partial charge in [-0.2, -0.15) is 0 Å². The van der Waals surface area contributed by atoms with Gasteiger partial charge in [-0.25, -0.2) is 4.79 Å². The highest BCUT2D eigenvalue weighted by molar-refractivity contribution is 5.89. The highest BCUT2D eigenvalue weighted by atomic mass is 16.7. The molecule has 2 aliphatic rings. The molecule has 2 fully saturated rings. The van der Waals surface area contributed by atoms with E-state index in [0.29, 0.717) is 5.56 Å². The predicted octanol–water partition coefficient (Wildman–Crippen LogP) is 3.38. The lowest BCUT2D eigenvalue weighted by Crippen LogP contribution is -2.62. The Bertz CT molecular complexity index is 905. The second-order valence-electron chi connectivity index (χ2n) is 6.89. The van der Waals surface area contributed by atoms with E-state index in [2.05, 4.69) is 10.0 Å². The Kier molecular flexibility index (Phi) is 6.27. The molecule has 0 unspecified atom stereocenters. The van der Waals surface area contributed by atoms with E-state index in [1.807, 2.05) is 30.3 Å². The zero-order valence-corrected chi connectivity index (χ0v) is 16.2. The number of nitrogens with zero attached hydrogens (tertiary/aromatic N) is 3. The number of rotatable bonds is 5. The Morgan fingerprint density at radius 1 is 1.10 bits per heavy atom. The summed E-state index contributed by atoms with van der Waals surface area (Å²) in [4.78, 5) is 15.6. The van der Waals surface area contributed by atoms with Crippen LogP contribution in [0, 0.1) is 0 Å². The summed E-state index contributed by atoms with van der Waals surface area (Å²) in [7, 11) is 1.43. The maximum absolute atomic E-state index is 12.8. The quantitative estimate of drug-likeness (QED) is 0.323. The van der Waals surface area contributed by atoms with Crippen molar-refractivity contribution in [2.24, 2.45) is 5.11 Å². The van der Waals surface area contributed by atoms with E-state index in [4.69, 9.17) is 29.2 Å². The second-order valence-corrected chi connectivity index (χ2v) is 6.89. The highest BCUT2D eigenvalue weighted by Gasteiger charge is 2.52. The molecule has 0 bridgehead atoms. The predicted molar refractivity (Wildman–Crippen MR) is 104 cm³/mol. The lowest BCUT2D eigenvalue weighted by molar-refractivity contribution is -0.338. The number of benzene rings is 2. The molecule has 4 rings (SSSR count). The minimum atomic E-state index is -0.927. The van der Waals surface area contributed by atoms with Crippen LogP contribution in [0.4, 0.5) is 0 Å². The van der Waals surface area contributed by atoms with Crippen molar-refractivity contribution in [2.45, 2.75) is 36.9 Å². The molecule has 0 N–H and O–H groups in total. The molecule has 2 aromatic rings. The number of carbonyl (C=O) groups is 1. The van der Waals surface area contributed by atoms with Gasteiger partial charge in [-0.15, -0.1) is 0 Å². The molecule has 0 radical (unpaired) electrons. The van der Waals surface area contributed by atoms with Gasteiger partial charge in [0.25, 0.3) is 0 Å². The van der Waals surface area contributed by atoms with Crippen LogP contribution in [0.15, 0.2) is 65.8 Å². The van der Waals surface area contributed by atoms with Gasteiger partial charge in [0.2, 0.25) is 0 Å². The van der Waals surface area contributed by atoms with Gasteiger partial charge in [-0.1, -0.05) is 53.6 Å². The molecule has 6 atom stereocenters. The topological polar surface area (TPSA) is 112 Å². The van der Waals surface area contributed by atoms with Crippen molar-refractivity contribution in [3.05, 3.63) is 82.2 Å². The summed E-state index contributed by atoms with van der Waals surface area (Å²) < 4.78 is 29.0. The van der Waals surface area contributed by atoms with Gasteiger partial charge in [-0.3, -0.25) is 0 Å². The van der Waals surface area contributed by atoms with E-state index >= 15 is 0 Å². The summed E-state index contributed by atoms with van der Waals surface area (Å²) in [6.45, 7) is 0.201. The normalized spacial score (nSPS) is 30.6. The van der Waals surface area contributed by atoms with Crippen LogP contribution < -0.4 is 0 Å². The van der Waals surface area contributed by atoms with Crippen LogP contribution in [-0.2, 0) is 23.7 Å². The van der Waals surface area contributed by atoms with Crippen molar-refractivity contribution in [3.8, 4) is 0 Å². The average Bonchev–Trinajstić information content (AvgIpc) is 2.81. The van der Waals surface area contributed by atoms with Gasteiger partial charge in [0.1, 0.15) is 24.4 Å². The van der Waals surface area contributed by atoms with Gasteiger partial charge in [0, 0.05) is 17.6 Å². The first kappa shape index (κ1) is 20.3. The van der Waals surface area contributed by atoms with Crippen LogP contribution in [0.1, 0.15) is 22.2 Å². The van der Waals surface area contributed by atoms with E-state index in [1.54, 1.807) is 30.3 Å². The zero-order chi connectivity index (χ0) is 20.9. The van der Waals surface area contributed by atoms with Crippen LogP contribution in [0.3, 0.4) is 0 Å². The largest absolute Gasteiger partial charge is 0.455 e. The van der Waals surface area contributed by atoms with E-state index < -0.39 is 42.9 Å². The molecule has 2 heterocycles. The fourth-order valence-electron chi connectivity index (χ4n) is 3.62. The van der Waals surface area contributed by atoms with Crippen LogP contribution in [0.2, 0.25) is 0 Å². The van der Waals surface area contributed by atoms with Gasteiger partial charge in [0.05, 0.1) is 12.2 Å². The molecule has 0 amide bonds. The number of azide groups is 1. The van der Waals surface area contributed by atoms with Crippen molar-refractivity contribution in [1.82, 2.24) is 0 Å². The van der Waals surface area contributed by atoms with Crippen molar-refractivity contribution in [1.29, 1.82) is 0 Å². The Hall–Kier alpha value is -2.94. The maximum Gasteiger partial charge on any atom is 0.338 e. The summed E-state index contributed by atoms with van der Waals surface area (Å²) in [6, 6.07) is 17.0.